The highest BCUT2D eigenvalue weighted by Crippen LogP contribution is 2.42. The molecule has 0 amide bonds. The first-order chi connectivity index (χ1) is 68.3. The molecule has 0 aliphatic carbocycles. The number of rotatable bonds is 39. The first-order valence-electron chi connectivity index (χ1n) is 44.6. The fraction of sp³-hybridized carbons (Fsp3) is 0.543. The van der Waals surface area contributed by atoms with Crippen LogP contribution in [-0.4, -0.2) is 342 Å². The van der Waals surface area contributed by atoms with E-state index in [-0.39, 0.29) is 22.3 Å². The normalized spacial score (nSPS) is 30.1. The average Bonchev–Trinajstić information content (AvgIpc) is 0.768. The van der Waals surface area contributed by atoms with Crippen molar-refractivity contribution >= 4 is 113 Å². The van der Waals surface area contributed by atoms with E-state index in [1.807, 2.05) is 0 Å². The molecule has 0 saturated carbocycles. The molecular formula is C94H108O50. The molecular weight excluding hydrogens is 1930 g/mol. The molecule has 4 aromatic rings. The van der Waals surface area contributed by atoms with Crippen molar-refractivity contribution in [3.8, 4) is 0 Å². The van der Waals surface area contributed by atoms with Crippen LogP contribution in [0.4, 0.5) is 0 Å². The molecule has 0 aromatic heterocycles. The summed E-state index contributed by atoms with van der Waals surface area (Å²) < 4.78 is 182. The van der Waals surface area contributed by atoms with Crippen molar-refractivity contribution in [2.24, 2.45) is 0 Å². The van der Waals surface area contributed by atoms with Crippen LogP contribution in [0.3, 0.4) is 0 Å². The minimum absolute atomic E-state index is 0.0250. The van der Waals surface area contributed by atoms with E-state index in [1.54, 1.807) is 24.3 Å². The minimum atomic E-state index is -2.51. The molecule has 0 radical (unpaired) electrons. The number of esters is 19. The summed E-state index contributed by atoms with van der Waals surface area (Å²) in [5.41, 5.74) is -0.470. The van der Waals surface area contributed by atoms with Gasteiger partial charge in [0.25, 0.3) is 0 Å². The lowest BCUT2D eigenvalue weighted by Crippen LogP contribution is -2.68. The SMILES string of the molecule is CC(=O)OC[C@@H]1O[C@@H](OC[C@@H]2O[C@@H](OC[C@@H]3O[C@@H](OC[C@H]4O[C@@H](O)[C@H](OC(C)=O)[C@H](O[C@H]5O[C@H](COC(=O)c6ccccc6)C(OC(=O)c6ccccc6)[C@H](OC(=O)c6ccccc6)[C@H]5OC(=O)c5ccccc5)[C@@H]4OC(C)=O)[C@@H](OC(C)=O)[C@@H](OC(C)=O)[C@H]3OC(C)=O)[C@@H](OC(C)=O)[C@@H](O[C@@H]3O[C@@H](COC(C)=O)[C@H](OC(C)=O)[C@H](OC(C)=O)[C@@H]3OC(C)=O)[C@H]2OC(C)=O)[C@@H](OC(C)=O)[C@@H](OC(C)=O)[C@H]1OC(C)=O. The van der Waals surface area contributed by atoms with E-state index in [0.717, 1.165) is 104 Å². The van der Waals surface area contributed by atoms with Crippen LogP contribution < -0.4 is 0 Å². The van der Waals surface area contributed by atoms with Gasteiger partial charge in [-0.3, -0.25) is 71.9 Å². The van der Waals surface area contributed by atoms with E-state index in [2.05, 4.69) is 0 Å². The fourth-order valence-electron chi connectivity index (χ4n) is 16.0. The maximum atomic E-state index is 14.8. The van der Waals surface area contributed by atoms with Crippen LogP contribution in [-0.2, 0) is 214 Å². The molecule has 30 atom stereocenters. The first-order valence-corrected chi connectivity index (χ1v) is 44.6. The summed E-state index contributed by atoms with van der Waals surface area (Å²) in [4.78, 5) is 258. The molecule has 6 aliphatic rings. The summed E-state index contributed by atoms with van der Waals surface area (Å²) in [5, 5.41) is 12.4. The van der Waals surface area contributed by atoms with Gasteiger partial charge in [0, 0.05) is 104 Å². The van der Waals surface area contributed by atoms with Gasteiger partial charge >= 0.3 is 113 Å². The molecule has 144 heavy (non-hydrogen) atoms. The zero-order valence-corrected chi connectivity index (χ0v) is 80.1. The third-order valence-electron chi connectivity index (χ3n) is 21.4. The number of hydrogen-bond donors (Lipinski definition) is 1. The molecule has 4 aromatic carbocycles. The Hall–Kier alpha value is -13.7. The molecule has 6 heterocycles. The van der Waals surface area contributed by atoms with Gasteiger partial charge in [-0.25, -0.2) is 19.2 Å². The lowest BCUT2D eigenvalue weighted by Gasteiger charge is -2.49. The Morgan fingerprint density at radius 1 is 0.194 bits per heavy atom. The van der Waals surface area contributed by atoms with Crippen LogP contribution in [0, 0.1) is 0 Å². The Bertz CT molecular complexity index is 5170. The molecule has 6 saturated heterocycles. The van der Waals surface area contributed by atoms with Crippen molar-refractivity contribution < 1.29 is 238 Å². The predicted molar refractivity (Wildman–Crippen MR) is 461 cm³/mol. The van der Waals surface area contributed by atoms with E-state index in [9.17, 15) is 96.2 Å². The highest BCUT2D eigenvalue weighted by molar-refractivity contribution is 5.92. The Morgan fingerprint density at radius 2 is 0.382 bits per heavy atom. The second-order valence-corrected chi connectivity index (χ2v) is 32.7. The molecule has 784 valence electrons. The van der Waals surface area contributed by atoms with Gasteiger partial charge in [0.05, 0.1) is 42.1 Å². The number of carbonyl (C=O) groups is 19. The van der Waals surface area contributed by atoms with Crippen LogP contribution in [0.25, 0.3) is 0 Å². The van der Waals surface area contributed by atoms with Gasteiger partial charge in [0.1, 0.15) is 68.7 Å². The number of carbonyl (C=O) groups excluding carboxylic acids is 19. The molecule has 0 bridgehead atoms. The zero-order chi connectivity index (χ0) is 105. The maximum Gasteiger partial charge on any atom is 0.338 e. The summed E-state index contributed by atoms with van der Waals surface area (Å²) in [7, 11) is 0. The Kier molecular flexibility index (Phi) is 41.0. The standard InChI is InChI=1S/C94H108O50/c1-42(95)115-36-62-68(122-45(4)98)74(126-49(8)102)80(130-53(12)106)91(135-62)119-41-66-71(125-48(7)101)78(144-93-83(133-56(15)109)76(128-51(10)104)69(123-46(5)99)63(138-93)37-116-43(2)96)82(132-55(14)108)92(137-66)120-40-65-70(124-47(6)100)75(127-50(9)103)81(131-54(13)107)90(136-65)118-39-61-67(121-44(3)97)73(79(89(114)134-61)129-52(11)105)143-94-84(142-88(113)60-34-26-19-27-35-60)77(141-87(112)59-32-24-18-25-33-59)72(140-86(111)58-30-22-17-23-31-58)64(139-94)38-117-85(110)57-28-20-16-21-29-57/h16-35,61-84,89-94,114H,36-41H2,1-15H3/t61-,62+,63+,64-,65+,66+,67-,68+,69+,70+,71+,72?,73-,74+,75+,76+,77+,78+,79-,80+,81+,82+,83+,84-,89-,90-,91-,92-,93+,94-/m1/s1. The maximum absolute atomic E-state index is 14.8. The monoisotopic (exact) mass is 2040 g/mol. The minimum Gasteiger partial charge on any atom is -0.463 e. The van der Waals surface area contributed by atoms with Gasteiger partial charge < -0.3 is 147 Å². The Morgan fingerprint density at radius 3 is 0.674 bits per heavy atom. The van der Waals surface area contributed by atoms with Crippen molar-refractivity contribution in [1.82, 2.24) is 0 Å². The molecule has 50 heteroatoms. The number of hydrogen-bond acceptors (Lipinski definition) is 50. The van der Waals surface area contributed by atoms with Crippen molar-refractivity contribution in [1.29, 1.82) is 0 Å². The zero-order valence-electron chi connectivity index (χ0n) is 80.1. The number of aliphatic hydroxyl groups excluding tert-OH is 1. The lowest BCUT2D eigenvalue weighted by molar-refractivity contribution is -0.373. The third-order valence-corrected chi connectivity index (χ3v) is 21.4. The summed E-state index contributed by atoms with van der Waals surface area (Å²) in [6, 6.07) is 28.8. The highest BCUT2D eigenvalue weighted by Gasteiger charge is 2.63. The molecule has 6 fully saturated rings. The van der Waals surface area contributed by atoms with Crippen molar-refractivity contribution in [2.45, 2.75) is 288 Å². The smallest absolute Gasteiger partial charge is 0.338 e. The van der Waals surface area contributed by atoms with Gasteiger partial charge in [-0.1, -0.05) is 72.8 Å². The summed E-state index contributed by atoms with van der Waals surface area (Å²) in [6.07, 6.45) is -64.5. The van der Waals surface area contributed by atoms with Crippen LogP contribution in [0.5, 0.6) is 0 Å². The van der Waals surface area contributed by atoms with Crippen molar-refractivity contribution in [2.75, 3.05) is 39.6 Å². The Labute approximate surface area is 819 Å². The summed E-state index contributed by atoms with van der Waals surface area (Å²) in [5.74, 6) is -21.8. The number of ether oxygens (including phenoxy) is 30. The van der Waals surface area contributed by atoms with Gasteiger partial charge in [0.15, 0.2) is 135 Å². The molecule has 6 aliphatic heterocycles. The lowest BCUT2D eigenvalue weighted by atomic mass is 9.95. The van der Waals surface area contributed by atoms with E-state index >= 15 is 0 Å². The van der Waals surface area contributed by atoms with E-state index in [4.69, 9.17) is 142 Å². The van der Waals surface area contributed by atoms with Crippen LogP contribution in [0.15, 0.2) is 121 Å². The van der Waals surface area contributed by atoms with E-state index in [0.29, 0.717) is 0 Å². The molecule has 0 spiro atoms. The van der Waals surface area contributed by atoms with E-state index < -0.39 is 337 Å². The number of benzene rings is 4. The highest BCUT2D eigenvalue weighted by atomic mass is 16.8. The van der Waals surface area contributed by atoms with Gasteiger partial charge in [-0.05, 0) is 48.5 Å². The quantitative estimate of drug-likeness (QED) is 0.0492. The summed E-state index contributed by atoms with van der Waals surface area (Å²) >= 11 is 0. The second-order valence-electron chi connectivity index (χ2n) is 32.7. The molecule has 1 N–H and O–H groups in total. The van der Waals surface area contributed by atoms with Crippen molar-refractivity contribution in [3.05, 3.63) is 144 Å². The first kappa shape index (κ1) is 112. The van der Waals surface area contributed by atoms with Crippen LogP contribution in [0.1, 0.15) is 145 Å². The largest absolute Gasteiger partial charge is 0.463 e. The van der Waals surface area contributed by atoms with Gasteiger partial charge in [-0.15, -0.1) is 0 Å². The average molecular weight is 2040 g/mol. The van der Waals surface area contributed by atoms with Gasteiger partial charge in [0.2, 0.25) is 0 Å². The van der Waals surface area contributed by atoms with E-state index in [1.165, 1.54) is 97.1 Å². The number of aliphatic hydroxyl groups is 1. The summed E-state index contributed by atoms with van der Waals surface area (Å²) in [6.45, 7) is 6.93. The fourth-order valence-corrected chi connectivity index (χ4v) is 16.0. The molecule has 10 rings (SSSR count). The third kappa shape index (κ3) is 31.7. The van der Waals surface area contributed by atoms with Crippen molar-refractivity contribution in [3.63, 3.8) is 0 Å². The second kappa shape index (κ2) is 52.5. The van der Waals surface area contributed by atoms with Crippen LogP contribution >= 0.6 is 0 Å². The van der Waals surface area contributed by atoms with Crippen LogP contribution in [0.2, 0.25) is 0 Å². The molecule has 50 nitrogen and oxygen atoms in total. The Balaban J connectivity index is 1.10. The van der Waals surface area contributed by atoms with Gasteiger partial charge in [-0.2, -0.15) is 0 Å². The molecule has 1 unspecified atom stereocenters. The predicted octanol–water partition coefficient (Wildman–Crippen LogP) is 1.92. The topological polar surface area (TPSA) is 621 Å².